The molecule has 0 amide bonds. The van der Waals surface area contributed by atoms with Crippen molar-refractivity contribution >= 4 is 44.9 Å². The molecule has 8 aromatic carbocycles. The molecular formula is C47H32N2. The topological polar surface area (TPSA) is 6.48 Å². The van der Waals surface area contributed by atoms with E-state index in [2.05, 4.69) is 204 Å². The highest BCUT2D eigenvalue weighted by atomic mass is 15.2. The van der Waals surface area contributed by atoms with Gasteiger partial charge in [-0.3, -0.25) is 0 Å². The SMILES string of the molecule is c1ccc(N(c2ccc3c(c2)C2(c4ccccc4)c4ccccc4N(c4ccccc4)c4cccc-3c42)c2ccc3ccccc3c2)cc1. The van der Waals surface area contributed by atoms with Crippen molar-refractivity contribution in [1.29, 1.82) is 0 Å². The van der Waals surface area contributed by atoms with Crippen LogP contribution in [0.2, 0.25) is 0 Å². The normalized spacial score (nSPS) is 15.4. The molecule has 1 aliphatic heterocycles. The van der Waals surface area contributed by atoms with Gasteiger partial charge >= 0.3 is 0 Å². The zero-order chi connectivity index (χ0) is 32.4. The van der Waals surface area contributed by atoms with Crippen LogP contribution in [0.25, 0.3) is 21.9 Å². The summed E-state index contributed by atoms with van der Waals surface area (Å²) in [5.74, 6) is 0. The van der Waals surface area contributed by atoms with Crippen LogP contribution in [0.1, 0.15) is 22.3 Å². The van der Waals surface area contributed by atoms with Crippen molar-refractivity contribution in [2.75, 3.05) is 9.80 Å². The minimum atomic E-state index is -0.508. The predicted octanol–water partition coefficient (Wildman–Crippen LogP) is 12.5. The molecule has 1 heterocycles. The second kappa shape index (κ2) is 10.8. The van der Waals surface area contributed by atoms with E-state index in [1.54, 1.807) is 0 Å². The quantitative estimate of drug-likeness (QED) is 0.188. The fourth-order valence-corrected chi connectivity index (χ4v) is 8.43. The molecule has 1 atom stereocenters. The molecule has 0 N–H and O–H groups in total. The van der Waals surface area contributed by atoms with Gasteiger partial charge in [-0.1, -0.05) is 133 Å². The molecule has 1 aliphatic carbocycles. The van der Waals surface area contributed by atoms with Crippen LogP contribution in [-0.4, -0.2) is 0 Å². The Morgan fingerprint density at radius 1 is 0.388 bits per heavy atom. The lowest BCUT2D eigenvalue weighted by Gasteiger charge is -2.44. The molecule has 2 heteroatoms. The number of nitrogens with zero attached hydrogens (tertiary/aromatic N) is 2. The Balaban J connectivity index is 1.28. The standard InChI is InChI=1S/C47H32N2/c1-4-17-35(18-5-1)47-42-24-12-13-25-44(42)49(37-21-8-3-9-22-37)45-26-14-23-41(46(45)47)40-30-29-39(32-43(40)47)48(36-19-6-2-7-20-36)38-28-27-33-15-10-11-16-34(33)31-38/h1-32H. The molecule has 0 saturated heterocycles. The second-order valence-electron chi connectivity index (χ2n) is 12.9. The number of benzene rings is 8. The van der Waals surface area contributed by atoms with Crippen molar-refractivity contribution < 1.29 is 0 Å². The summed E-state index contributed by atoms with van der Waals surface area (Å²) in [5.41, 5.74) is 14.2. The van der Waals surface area contributed by atoms with Crippen molar-refractivity contribution in [3.8, 4) is 11.1 Å². The van der Waals surface area contributed by atoms with Crippen molar-refractivity contribution in [2.24, 2.45) is 0 Å². The van der Waals surface area contributed by atoms with E-state index in [-0.39, 0.29) is 0 Å². The number of para-hydroxylation sites is 3. The van der Waals surface area contributed by atoms with E-state index in [1.807, 2.05) is 0 Å². The fourth-order valence-electron chi connectivity index (χ4n) is 8.43. The molecule has 10 rings (SSSR count). The van der Waals surface area contributed by atoms with E-state index >= 15 is 0 Å². The summed E-state index contributed by atoms with van der Waals surface area (Å²) in [6, 6.07) is 71.0. The van der Waals surface area contributed by atoms with Crippen LogP contribution >= 0.6 is 0 Å². The first-order valence-corrected chi connectivity index (χ1v) is 16.9. The zero-order valence-electron chi connectivity index (χ0n) is 26.9. The summed E-state index contributed by atoms with van der Waals surface area (Å²) in [7, 11) is 0. The Hall–Kier alpha value is -6.38. The lowest BCUT2D eigenvalue weighted by molar-refractivity contribution is 0.753. The average Bonchev–Trinajstić information content (AvgIpc) is 3.48. The van der Waals surface area contributed by atoms with Crippen LogP contribution in [0.5, 0.6) is 0 Å². The highest BCUT2D eigenvalue weighted by Crippen LogP contribution is 2.65. The van der Waals surface area contributed by atoms with Crippen molar-refractivity contribution in [1.82, 2.24) is 0 Å². The van der Waals surface area contributed by atoms with Crippen LogP contribution in [0.3, 0.4) is 0 Å². The number of hydrogen-bond donors (Lipinski definition) is 0. The number of anilines is 6. The largest absolute Gasteiger partial charge is 0.310 e. The van der Waals surface area contributed by atoms with Gasteiger partial charge in [0.15, 0.2) is 0 Å². The molecule has 230 valence electrons. The van der Waals surface area contributed by atoms with Gasteiger partial charge < -0.3 is 9.80 Å². The first kappa shape index (κ1) is 27.7. The monoisotopic (exact) mass is 624 g/mol. The maximum atomic E-state index is 2.46. The van der Waals surface area contributed by atoms with Crippen LogP contribution in [0, 0.1) is 0 Å². The van der Waals surface area contributed by atoms with E-state index in [0.717, 1.165) is 22.7 Å². The van der Waals surface area contributed by atoms with Gasteiger partial charge in [-0.05, 0) is 99.3 Å². The third kappa shape index (κ3) is 4.01. The van der Waals surface area contributed by atoms with E-state index in [9.17, 15) is 0 Å². The molecule has 0 spiro atoms. The molecule has 0 radical (unpaired) electrons. The lowest BCUT2D eigenvalue weighted by Crippen LogP contribution is -2.36. The summed E-state index contributed by atoms with van der Waals surface area (Å²) < 4.78 is 0. The van der Waals surface area contributed by atoms with Gasteiger partial charge in [0.25, 0.3) is 0 Å². The fraction of sp³-hybridized carbons (Fsp3) is 0.0213. The van der Waals surface area contributed by atoms with Crippen molar-refractivity contribution in [3.05, 3.63) is 216 Å². The van der Waals surface area contributed by atoms with Crippen molar-refractivity contribution in [3.63, 3.8) is 0 Å². The van der Waals surface area contributed by atoms with Crippen molar-refractivity contribution in [2.45, 2.75) is 5.41 Å². The maximum absolute atomic E-state index is 2.46. The Morgan fingerprint density at radius 2 is 1.02 bits per heavy atom. The van der Waals surface area contributed by atoms with Gasteiger partial charge in [0, 0.05) is 28.3 Å². The van der Waals surface area contributed by atoms with Crippen LogP contribution in [0.15, 0.2) is 194 Å². The van der Waals surface area contributed by atoms with E-state index in [1.165, 1.54) is 55.5 Å². The summed E-state index contributed by atoms with van der Waals surface area (Å²) in [4.78, 5) is 4.85. The first-order valence-electron chi connectivity index (χ1n) is 16.9. The summed E-state index contributed by atoms with van der Waals surface area (Å²) in [6.07, 6.45) is 0. The highest BCUT2D eigenvalue weighted by molar-refractivity contribution is 6.00. The zero-order valence-corrected chi connectivity index (χ0v) is 26.9. The number of hydrogen-bond acceptors (Lipinski definition) is 2. The summed E-state index contributed by atoms with van der Waals surface area (Å²) in [5, 5.41) is 2.46. The Bertz CT molecular complexity index is 2510. The third-order valence-electron chi connectivity index (χ3n) is 10.4. The van der Waals surface area contributed by atoms with Gasteiger partial charge in [0.05, 0.1) is 16.8 Å². The molecule has 2 nitrogen and oxygen atoms in total. The number of fused-ring (bicyclic) bond motifs is 6. The molecule has 8 aromatic rings. The molecule has 0 fully saturated rings. The van der Waals surface area contributed by atoms with Crippen LogP contribution in [0.4, 0.5) is 34.1 Å². The lowest BCUT2D eigenvalue weighted by atomic mass is 9.65. The van der Waals surface area contributed by atoms with E-state index in [0.29, 0.717) is 0 Å². The Kier molecular flexibility index (Phi) is 6.13. The Morgan fingerprint density at radius 3 is 1.84 bits per heavy atom. The van der Waals surface area contributed by atoms with Gasteiger partial charge in [0.1, 0.15) is 0 Å². The molecule has 0 bridgehead atoms. The summed E-state index contributed by atoms with van der Waals surface area (Å²) >= 11 is 0. The van der Waals surface area contributed by atoms with Gasteiger partial charge in [-0.15, -0.1) is 0 Å². The molecule has 0 saturated carbocycles. The minimum Gasteiger partial charge on any atom is -0.310 e. The highest BCUT2D eigenvalue weighted by Gasteiger charge is 2.52. The van der Waals surface area contributed by atoms with Gasteiger partial charge in [-0.25, -0.2) is 0 Å². The summed E-state index contributed by atoms with van der Waals surface area (Å²) in [6.45, 7) is 0. The minimum absolute atomic E-state index is 0.508. The third-order valence-corrected chi connectivity index (χ3v) is 10.4. The van der Waals surface area contributed by atoms with Crippen LogP contribution < -0.4 is 9.80 Å². The van der Waals surface area contributed by atoms with E-state index in [4.69, 9.17) is 0 Å². The second-order valence-corrected chi connectivity index (χ2v) is 12.9. The maximum Gasteiger partial charge on any atom is 0.0755 e. The molecular weight excluding hydrogens is 593 g/mol. The number of rotatable bonds is 5. The Labute approximate surface area is 286 Å². The average molecular weight is 625 g/mol. The van der Waals surface area contributed by atoms with Gasteiger partial charge in [0.2, 0.25) is 0 Å². The van der Waals surface area contributed by atoms with E-state index < -0.39 is 5.41 Å². The predicted molar refractivity (Wildman–Crippen MR) is 204 cm³/mol. The molecule has 49 heavy (non-hydrogen) atoms. The van der Waals surface area contributed by atoms with Crippen LogP contribution in [-0.2, 0) is 5.41 Å². The smallest absolute Gasteiger partial charge is 0.0755 e. The molecule has 1 unspecified atom stereocenters. The van der Waals surface area contributed by atoms with Gasteiger partial charge in [-0.2, -0.15) is 0 Å². The first-order chi connectivity index (χ1) is 24.3. The molecule has 0 aromatic heterocycles. The molecule has 2 aliphatic rings.